The molecule has 9 heteroatoms. The molecule has 0 radical (unpaired) electrons. The van der Waals surface area contributed by atoms with Crippen LogP contribution in [0.15, 0.2) is 48.8 Å². The Morgan fingerprint density at radius 2 is 2.12 bits per heavy atom. The average molecular weight is 486 g/mol. The van der Waals surface area contributed by atoms with Crippen molar-refractivity contribution in [1.29, 1.82) is 0 Å². The molecule has 1 saturated carbocycles. The largest absolute Gasteiger partial charge is 0.493 e. The molecular weight excluding hydrogens is 462 g/mol. The first kappa shape index (κ1) is 23.1. The van der Waals surface area contributed by atoms with Crippen molar-refractivity contribution in [3.63, 3.8) is 0 Å². The maximum absolute atomic E-state index is 12.3. The molecular formula is C24H24ClN3O4S. The van der Waals surface area contributed by atoms with Gasteiger partial charge in [-0.05, 0) is 50.0 Å². The minimum absolute atomic E-state index is 0.191. The van der Waals surface area contributed by atoms with Gasteiger partial charge in [0.2, 0.25) is 5.88 Å². The van der Waals surface area contributed by atoms with Crippen LogP contribution in [0.1, 0.15) is 35.0 Å². The topological polar surface area (TPSA) is 82.6 Å². The van der Waals surface area contributed by atoms with Gasteiger partial charge in [-0.3, -0.25) is 4.79 Å². The molecule has 1 aromatic carbocycles. The monoisotopic (exact) mass is 485 g/mol. The summed E-state index contributed by atoms with van der Waals surface area (Å²) in [6.45, 7) is 2.62. The molecule has 33 heavy (non-hydrogen) atoms. The number of hydrogen-bond donors (Lipinski definition) is 1. The Morgan fingerprint density at radius 3 is 2.82 bits per heavy atom. The van der Waals surface area contributed by atoms with Crippen molar-refractivity contribution in [3.8, 4) is 22.6 Å². The number of nitrogens with zero attached hydrogens (tertiary/aromatic N) is 2. The van der Waals surface area contributed by atoms with Crippen LogP contribution >= 0.6 is 22.9 Å². The fraction of sp³-hybridized carbons (Fsp3) is 0.292. The van der Waals surface area contributed by atoms with Crippen LogP contribution in [-0.4, -0.2) is 35.6 Å². The summed E-state index contributed by atoms with van der Waals surface area (Å²) >= 11 is 7.72. The number of ether oxygens (including phenoxy) is 3. The SMILES string of the molecule is COc1ccc(C(=O)N[C@@H](C)/C=C/c2cnc(Oc3ccc(OCC4CC4)cc3Cl)s2)cn1. The highest BCUT2D eigenvalue weighted by Crippen LogP contribution is 2.35. The molecule has 172 valence electrons. The van der Waals surface area contributed by atoms with Crippen LogP contribution in [0.2, 0.25) is 5.02 Å². The predicted molar refractivity (Wildman–Crippen MR) is 129 cm³/mol. The van der Waals surface area contributed by atoms with E-state index in [9.17, 15) is 4.79 Å². The van der Waals surface area contributed by atoms with E-state index in [0.29, 0.717) is 33.3 Å². The van der Waals surface area contributed by atoms with E-state index in [-0.39, 0.29) is 11.9 Å². The van der Waals surface area contributed by atoms with Gasteiger partial charge in [0.15, 0.2) is 0 Å². The van der Waals surface area contributed by atoms with Crippen LogP contribution in [0.5, 0.6) is 22.6 Å². The van der Waals surface area contributed by atoms with Crippen LogP contribution in [0.3, 0.4) is 0 Å². The van der Waals surface area contributed by atoms with Gasteiger partial charge in [-0.1, -0.05) is 29.0 Å². The first-order valence-corrected chi connectivity index (χ1v) is 11.7. The zero-order chi connectivity index (χ0) is 23.2. The molecule has 0 bridgehead atoms. The van der Waals surface area contributed by atoms with Crippen LogP contribution < -0.4 is 19.5 Å². The Morgan fingerprint density at radius 1 is 1.27 bits per heavy atom. The maximum Gasteiger partial charge on any atom is 0.279 e. The van der Waals surface area contributed by atoms with Crippen LogP contribution in [-0.2, 0) is 0 Å². The number of nitrogens with one attached hydrogen (secondary N) is 1. The van der Waals surface area contributed by atoms with Crippen molar-refractivity contribution < 1.29 is 19.0 Å². The fourth-order valence-corrected chi connectivity index (χ4v) is 3.75. The van der Waals surface area contributed by atoms with E-state index < -0.39 is 0 Å². The summed E-state index contributed by atoms with van der Waals surface area (Å²) in [6, 6.07) is 8.52. The average Bonchev–Trinajstić information content (AvgIpc) is 3.55. The molecule has 2 aromatic heterocycles. The molecule has 0 saturated heterocycles. The molecule has 0 unspecified atom stereocenters. The van der Waals surface area contributed by atoms with Gasteiger partial charge in [0.1, 0.15) is 11.5 Å². The molecule has 0 spiro atoms. The summed E-state index contributed by atoms with van der Waals surface area (Å²) in [7, 11) is 1.53. The lowest BCUT2D eigenvalue weighted by Crippen LogP contribution is -2.31. The van der Waals surface area contributed by atoms with Crippen LogP contribution in [0.25, 0.3) is 6.08 Å². The predicted octanol–water partition coefficient (Wildman–Crippen LogP) is 5.61. The van der Waals surface area contributed by atoms with Gasteiger partial charge in [-0.15, -0.1) is 0 Å². The van der Waals surface area contributed by atoms with Gasteiger partial charge >= 0.3 is 0 Å². The highest BCUT2D eigenvalue weighted by molar-refractivity contribution is 7.14. The van der Waals surface area contributed by atoms with Gasteiger partial charge in [-0.2, -0.15) is 0 Å². The van der Waals surface area contributed by atoms with E-state index >= 15 is 0 Å². The Kier molecular flexibility index (Phi) is 7.47. The van der Waals surface area contributed by atoms with E-state index in [1.54, 1.807) is 30.5 Å². The molecule has 2 heterocycles. The van der Waals surface area contributed by atoms with Crippen molar-refractivity contribution in [1.82, 2.24) is 15.3 Å². The van der Waals surface area contributed by atoms with Crippen LogP contribution in [0, 0.1) is 5.92 Å². The number of aromatic nitrogens is 2. The third-order valence-electron chi connectivity index (χ3n) is 4.90. The third kappa shape index (κ3) is 6.69. The van der Waals surface area contributed by atoms with Gasteiger partial charge in [0, 0.05) is 30.6 Å². The third-order valence-corrected chi connectivity index (χ3v) is 6.04. The number of carbonyl (C=O) groups is 1. The lowest BCUT2D eigenvalue weighted by atomic mass is 10.2. The summed E-state index contributed by atoms with van der Waals surface area (Å²) in [6.07, 6.45) is 9.43. The second-order valence-electron chi connectivity index (χ2n) is 7.69. The Bertz CT molecular complexity index is 1130. The van der Waals surface area contributed by atoms with E-state index in [1.807, 2.05) is 25.1 Å². The molecule has 4 rings (SSSR count). The normalized spacial score (nSPS) is 14.2. The summed E-state index contributed by atoms with van der Waals surface area (Å²) in [4.78, 5) is 21.6. The molecule has 1 fully saturated rings. The number of benzene rings is 1. The first-order chi connectivity index (χ1) is 16.0. The first-order valence-electron chi connectivity index (χ1n) is 10.6. The van der Waals surface area contributed by atoms with E-state index in [1.165, 1.54) is 37.5 Å². The summed E-state index contributed by atoms with van der Waals surface area (Å²) in [5.41, 5.74) is 0.463. The number of rotatable bonds is 10. The second-order valence-corrected chi connectivity index (χ2v) is 9.12. The smallest absolute Gasteiger partial charge is 0.279 e. The van der Waals surface area contributed by atoms with Crippen molar-refractivity contribution in [3.05, 3.63) is 64.3 Å². The number of hydrogen-bond acceptors (Lipinski definition) is 7. The van der Waals surface area contributed by atoms with E-state index in [2.05, 4.69) is 15.3 Å². The zero-order valence-corrected chi connectivity index (χ0v) is 19.9. The second kappa shape index (κ2) is 10.7. The van der Waals surface area contributed by atoms with Gasteiger partial charge in [-0.25, -0.2) is 9.97 Å². The number of halogens is 1. The lowest BCUT2D eigenvalue weighted by molar-refractivity contribution is 0.0946. The minimum atomic E-state index is -0.213. The van der Waals surface area contributed by atoms with E-state index in [4.69, 9.17) is 25.8 Å². The highest BCUT2D eigenvalue weighted by atomic mass is 35.5. The lowest BCUT2D eigenvalue weighted by Gasteiger charge is -2.09. The quantitative estimate of drug-likeness (QED) is 0.401. The van der Waals surface area contributed by atoms with Crippen LogP contribution in [0.4, 0.5) is 0 Å². The highest BCUT2D eigenvalue weighted by Gasteiger charge is 2.22. The Labute approximate surface area is 201 Å². The van der Waals surface area contributed by atoms with Gasteiger partial charge in [0.05, 0.1) is 29.2 Å². The minimum Gasteiger partial charge on any atom is -0.493 e. The number of methoxy groups -OCH3 is 1. The molecule has 1 aliphatic rings. The molecule has 3 aromatic rings. The standard InChI is InChI=1S/C24H24ClN3O4S/c1-15(28-23(29)17-6-10-22(30-2)26-12-17)3-8-19-13-27-24(33-19)32-21-9-7-18(11-20(21)25)31-14-16-4-5-16/h3,6-13,15-16H,4-5,14H2,1-2H3,(H,28,29)/b8-3+/t15-/m0/s1. The van der Waals surface area contributed by atoms with Gasteiger partial charge in [0.25, 0.3) is 11.1 Å². The Hall–Kier alpha value is -3.10. The molecule has 1 atom stereocenters. The summed E-state index contributed by atoms with van der Waals surface area (Å²) in [5.74, 6) is 2.19. The maximum atomic E-state index is 12.3. The molecule has 1 amide bonds. The Balaban J connectivity index is 1.29. The number of amides is 1. The van der Waals surface area contributed by atoms with E-state index in [0.717, 1.165) is 17.2 Å². The summed E-state index contributed by atoms with van der Waals surface area (Å²) in [5, 5.41) is 3.85. The fourth-order valence-electron chi connectivity index (χ4n) is 2.85. The zero-order valence-electron chi connectivity index (χ0n) is 18.3. The van der Waals surface area contributed by atoms with Crippen molar-refractivity contribution in [2.75, 3.05) is 13.7 Å². The number of thiazole rings is 1. The molecule has 0 aliphatic heterocycles. The van der Waals surface area contributed by atoms with Crippen molar-refractivity contribution >= 4 is 34.9 Å². The molecule has 1 N–H and O–H groups in total. The number of carbonyl (C=O) groups excluding carboxylic acids is 1. The molecule has 7 nitrogen and oxygen atoms in total. The molecule has 1 aliphatic carbocycles. The van der Waals surface area contributed by atoms with Crippen molar-refractivity contribution in [2.45, 2.75) is 25.8 Å². The summed E-state index contributed by atoms with van der Waals surface area (Å²) < 4.78 is 16.6. The number of pyridine rings is 1. The van der Waals surface area contributed by atoms with Gasteiger partial charge < -0.3 is 19.5 Å². The van der Waals surface area contributed by atoms with Crippen molar-refractivity contribution in [2.24, 2.45) is 5.92 Å².